The summed E-state index contributed by atoms with van der Waals surface area (Å²) in [5.74, 6) is -1.83. The number of rotatable bonds is 9. The summed E-state index contributed by atoms with van der Waals surface area (Å²) in [6, 6.07) is 21.1. The number of nitrogens with one attached hydrogen (secondary N) is 1. The van der Waals surface area contributed by atoms with Crippen LogP contribution in [0, 0.1) is 5.82 Å². The normalized spacial score (nSPS) is 12.5. The highest BCUT2D eigenvalue weighted by Gasteiger charge is 2.34. The summed E-state index contributed by atoms with van der Waals surface area (Å²) in [6.45, 7) is 6.43. The lowest BCUT2D eigenvalue weighted by Gasteiger charge is -2.33. The van der Waals surface area contributed by atoms with Crippen LogP contribution in [0.15, 0.2) is 89.8 Å². The second-order valence-corrected chi connectivity index (χ2v) is 11.6. The number of benzene rings is 3. The van der Waals surface area contributed by atoms with Crippen molar-refractivity contribution in [2.45, 2.75) is 50.7 Å². The van der Waals surface area contributed by atoms with Crippen LogP contribution >= 0.6 is 0 Å². The molecule has 0 unspecified atom stereocenters. The van der Waals surface area contributed by atoms with Crippen LogP contribution in [0.1, 0.15) is 33.3 Å². The summed E-state index contributed by atoms with van der Waals surface area (Å²) in [7, 11) is -4.31. The van der Waals surface area contributed by atoms with Crippen molar-refractivity contribution < 1.29 is 22.4 Å². The average Bonchev–Trinajstić information content (AvgIpc) is 2.86. The molecular weight excluding hydrogens is 493 g/mol. The Morgan fingerprint density at radius 3 is 2.00 bits per heavy atom. The monoisotopic (exact) mass is 525 g/mol. The van der Waals surface area contributed by atoms with Gasteiger partial charge in [0.2, 0.25) is 11.8 Å². The summed E-state index contributed by atoms with van der Waals surface area (Å²) >= 11 is 0. The molecule has 1 atom stereocenters. The number of para-hydroxylation sites is 1. The molecule has 0 heterocycles. The molecule has 3 aromatic carbocycles. The molecule has 0 aliphatic heterocycles. The number of carbonyl (C=O) groups excluding carboxylic acids is 2. The predicted molar refractivity (Wildman–Crippen MR) is 142 cm³/mol. The maximum Gasteiger partial charge on any atom is 0.264 e. The first kappa shape index (κ1) is 27.9. The van der Waals surface area contributed by atoms with Gasteiger partial charge in [-0.15, -0.1) is 0 Å². The van der Waals surface area contributed by atoms with Crippen molar-refractivity contribution >= 4 is 27.5 Å². The number of anilines is 1. The maximum atomic E-state index is 14.9. The number of hydrogen-bond donors (Lipinski definition) is 1. The summed E-state index contributed by atoms with van der Waals surface area (Å²) in [6.07, 6.45) is 0. The Kier molecular flexibility index (Phi) is 8.70. The Morgan fingerprint density at radius 2 is 1.43 bits per heavy atom. The van der Waals surface area contributed by atoms with Crippen LogP contribution < -0.4 is 9.62 Å². The topological polar surface area (TPSA) is 86.8 Å². The number of sulfonamides is 1. The highest BCUT2D eigenvalue weighted by molar-refractivity contribution is 7.92. The average molecular weight is 526 g/mol. The highest BCUT2D eigenvalue weighted by Crippen LogP contribution is 2.27. The standard InChI is InChI=1S/C28H32FN3O4S/c1-21(27(34)30-28(2,3)4)31(19-22-13-7-5-8-14-22)26(33)20-32(25-18-12-11-17-24(25)29)37(35,36)23-15-9-6-10-16-23/h5-18,21H,19-20H2,1-4H3,(H,30,34)/t21-/m1/s1. The summed E-state index contributed by atoms with van der Waals surface area (Å²) < 4.78 is 42.8. The predicted octanol–water partition coefficient (Wildman–Crippen LogP) is 4.35. The van der Waals surface area contributed by atoms with Crippen LogP contribution in [0.5, 0.6) is 0 Å². The fourth-order valence-corrected chi connectivity index (χ4v) is 5.17. The summed E-state index contributed by atoms with van der Waals surface area (Å²) in [4.78, 5) is 28.0. The Hall–Kier alpha value is -3.72. The third kappa shape index (κ3) is 7.16. The van der Waals surface area contributed by atoms with Gasteiger partial charge in [0, 0.05) is 12.1 Å². The van der Waals surface area contributed by atoms with Crippen molar-refractivity contribution in [2.75, 3.05) is 10.8 Å². The Morgan fingerprint density at radius 1 is 0.892 bits per heavy atom. The lowest BCUT2D eigenvalue weighted by atomic mass is 10.1. The van der Waals surface area contributed by atoms with Crippen LogP contribution in [0.3, 0.4) is 0 Å². The maximum absolute atomic E-state index is 14.9. The van der Waals surface area contributed by atoms with Gasteiger partial charge < -0.3 is 10.2 Å². The molecule has 3 aromatic rings. The van der Waals surface area contributed by atoms with Crippen molar-refractivity contribution in [3.63, 3.8) is 0 Å². The van der Waals surface area contributed by atoms with Crippen LogP contribution in [-0.4, -0.2) is 43.3 Å². The van der Waals surface area contributed by atoms with Crippen molar-refractivity contribution in [1.29, 1.82) is 0 Å². The van der Waals surface area contributed by atoms with Crippen LogP contribution in [0.25, 0.3) is 0 Å². The molecule has 0 radical (unpaired) electrons. The first-order valence-corrected chi connectivity index (χ1v) is 13.3. The minimum atomic E-state index is -4.31. The van der Waals surface area contributed by atoms with Gasteiger partial charge in [-0.3, -0.25) is 13.9 Å². The van der Waals surface area contributed by atoms with E-state index in [-0.39, 0.29) is 23.0 Å². The summed E-state index contributed by atoms with van der Waals surface area (Å²) in [5.41, 5.74) is -0.0383. The van der Waals surface area contributed by atoms with Crippen molar-refractivity contribution in [3.8, 4) is 0 Å². The largest absolute Gasteiger partial charge is 0.350 e. The van der Waals surface area contributed by atoms with E-state index in [4.69, 9.17) is 0 Å². The van der Waals surface area contributed by atoms with Gasteiger partial charge in [-0.05, 0) is 57.5 Å². The van der Waals surface area contributed by atoms with Gasteiger partial charge in [-0.2, -0.15) is 0 Å². The van der Waals surface area contributed by atoms with Crippen LogP contribution in [0.2, 0.25) is 0 Å². The first-order chi connectivity index (χ1) is 17.4. The molecule has 196 valence electrons. The molecule has 7 nitrogen and oxygen atoms in total. The van der Waals surface area contributed by atoms with Gasteiger partial charge in [0.25, 0.3) is 10.0 Å². The van der Waals surface area contributed by atoms with Crippen LogP contribution in [-0.2, 0) is 26.2 Å². The molecule has 0 aliphatic rings. The molecule has 1 N–H and O–H groups in total. The molecule has 0 bridgehead atoms. The van der Waals surface area contributed by atoms with E-state index >= 15 is 0 Å². The molecule has 0 spiro atoms. The van der Waals surface area contributed by atoms with E-state index in [9.17, 15) is 22.4 Å². The van der Waals surface area contributed by atoms with Gasteiger partial charge in [-0.1, -0.05) is 60.7 Å². The fraction of sp³-hybridized carbons (Fsp3) is 0.286. The van der Waals surface area contributed by atoms with Crippen molar-refractivity contribution in [3.05, 3.63) is 96.3 Å². The second-order valence-electron chi connectivity index (χ2n) is 9.70. The Labute approximate surface area is 218 Å². The zero-order valence-electron chi connectivity index (χ0n) is 21.4. The van der Waals surface area contributed by atoms with Crippen molar-refractivity contribution in [2.24, 2.45) is 0 Å². The van der Waals surface area contributed by atoms with Gasteiger partial charge >= 0.3 is 0 Å². The summed E-state index contributed by atoms with van der Waals surface area (Å²) in [5, 5.41) is 2.87. The molecule has 0 aliphatic carbocycles. The van der Waals surface area contributed by atoms with Crippen molar-refractivity contribution in [1.82, 2.24) is 10.2 Å². The quantitative estimate of drug-likeness (QED) is 0.450. The number of amides is 2. The molecule has 2 amide bonds. The smallest absolute Gasteiger partial charge is 0.264 e. The Bertz CT molecular complexity index is 1330. The zero-order valence-corrected chi connectivity index (χ0v) is 22.2. The van der Waals surface area contributed by atoms with E-state index in [1.807, 2.05) is 51.1 Å². The highest BCUT2D eigenvalue weighted by atomic mass is 32.2. The van der Waals surface area contributed by atoms with Gasteiger partial charge in [0.05, 0.1) is 10.6 Å². The molecule has 0 saturated heterocycles. The third-order valence-corrected chi connectivity index (χ3v) is 7.37. The van der Waals surface area contributed by atoms with E-state index in [0.717, 1.165) is 15.9 Å². The minimum Gasteiger partial charge on any atom is -0.350 e. The molecule has 9 heteroatoms. The van der Waals surface area contributed by atoms with E-state index in [1.165, 1.54) is 35.2 Å². The van der Waals surface area contributed by atoms with E-state index in [0.29, 0.717) is 0 Å². The molecule has 0 saturated carbocycles. The molecule has 37 heavy (non-hydrogen) atoms. The van der Waals surface area contributed by atoms with E-state index in [2.05, 4.69) is 5.32 Å². The number of hydrogen-bond acceptors (Lipinski definition) is 4. The lowest BCUT2D eigenvalue weighted by Crippen LogP contribution is -2.54. The fourth-order valence-electron chi connectivity index (χ4n) is 3.72. The molecular formula is C28H32FN3O4S. The van der Waals surface area contributed by atoms with Gasteiger partial charge in [0.15, 0.2) is 0 Å². The molecule has 0 fully saturated rings. The lowest BCUT2D eigenvalue weighted by molar-refractivity contribution is -0.140. The number of carbonyl (C=O) groups is 2. The SMILES string of the molecule is C[C@H](C(=O)NC(C)(C)C)N(Cc1ccccc1)C(=O)CN(c1ccccc1F)S(=O)(=O)c1ccccc1. The number of halogens is 1. The Balaban J connectivity index is 2.02. The van der Waals surface area contributed by atoms with Gasteiger partial charge in [-0.25, -0.2) is 12.8 Å². The van der Waals surface area contributed by atoms with Crippen LogP contribution in [0.4, 0.5) is 10.1 Å². The number of nitrogens with zero attached hydrogens (tertiary/aromatic N) is 2. The third-order valence-electron chi connectivity index (χ3n) is 5.59. The first-order valence-electron chi connectivity index (χ1n) is 11.9. The van der Waals surface area contributed by atoms with E-state index < -0.39 is 39.9 Å². The zero-order chi connectivity index (χ0) is 27.2. The molecule has 0 aromatic heterocycles. The minimum absolute atomic E-state index is 0.0644. The van der Waals surface area contributed by atoms with E-state index in [1.54, 1.807) is 25.1 Å². The second kappa shape index (κ2) is 11.6. The molecule has 3 rings (SSSR count). The van der Waals surface area contributed by atoms with Gasteiger partial charge in [0.1, 0.15) is 18.4 Å².